The molecule has 114 valence electrons. The van der Waals surface area contributed by atoms with Crippen molar-refractivity contribution >= 4 is 29.9 Å². The van der Waals surface area contributed by atoms with Crippen LogP contribution in [0.25, 0.3) is 0 Å². The van der Waals surface area contributed by atoms with Gasteiger partial charge in [-0.15, -0.1) is 24.0 Å². The van der Waals surface area contributed by atoms with Crippen LogP contribution >= 0.6 is 24.0 Å². The van der Waals surface area contributed by atoms with Crippen LogP contribution < -0.4 is 10.6 Å². The molecule has 20 heavy (non-hydrogen) atoms. The van der Waals surface area contributed by atoms with Crippen molar-refractivity contribution in [2.45, 2.75) is 18.9 Å². The van der Waals surface area contributed by atoms with Crippen LogP contribution in [0.5, 0.6) is 0 Å². The monoisotopic (exact) mass is 392 g/mol. The Labute approximate surface area is 138 Å². The van der Waals surface area contributed by atoms with E-state index in [1.807, 2.05) is 12.1 Å². The van der Waals surface area contributed by atoms with Gasteiger partial charge in [0.2, 0.25) is 0 Å². The van der Waals surface area contributed by atoms with Crippen LogP contribution in [0.2, 0.25) is 0 Å². The lowest BCUT2D eigenvalue weighted by Crippen LogP contribution is -2.42. The average Bonchev–Trinajstić information content (AvgIpc) is 3.07. The van der Waals surface area contributed by atoms with Gasteiger partial charge in [0.25, 0.3) is 0 Å². The predicted octanol–water partition coefficient (Wildman–Crippen LogP) is 2.08. The van der Waals surface area contributed by atoms with Crippen LogP contribution in [0, 0.1) is 5.92 Å². The van der Waals surface area contributed by atoms with Crippen LogP contribution in [0.4, 0.5) is 0 Å². The summed E-state index contributed by atoms with van der Waals surface area (Å²) in [5, 5.41) is 6.72. The third-order valence-electron chi connectivity index (χ3n) is 3.44. The van der Waals surface area contributed by atoms with Crippen LogP contribution in [0.1, 0.15) is 24.6 Å². The van der Waals surface area contributed by atoms with E-state index in [0.29, 0.717) is 0 Å². The van der Waals surface area contributed by atoms with Crippen molar-refractivity contribution in [3.05, 3.63) is 24.2 Å². The molecular weight excluding hydrogens is 367 g/mol. The number of nitrogens with one attached hydrogen (secondary N) is 2. The molecule has 1 aliphatic carbocycles. The van der Waals surface area contributed by atoms with E-state index in [1.54, 1.807) is 13.3 Å². The first-order valence-corrected chi connectivity index (χ1v) is 6.85. The summed E-state index contributed by atoms with van der Waals surface area (Å²) in [7, 11) is 5.91. The number of likely N-dealkylation sites (N-methyl/N-ethyl adjacent to an activating group) is 1. The van der Waals surface area contributed by atoms with Crippen LogP contribution in [-0.4, -0.2) is 45.1 Å². The Morgan fingerprint density at radius 1 is 1.45 bits per heavy atom. The van der Waals surface area contributed by atoms with E-state index < -0.39 is 0 Å². The first-order valence-electron chi connectivity index (χ1n) is 6.85. The molecule has 1 aromatic heterocycles. The fourth-order valence-corrected chi connectivity index (χ4v) is 2.00. The molecule has 2 rings (SSSR count). The Morgan fingerprint density at radius 2 is 2.20 bits per heavy atom. The summed E-state index contributed by atoms with van der Waals surface area (Å²) in [4.78, 5) is 6.38. The molecule has 0 amide bonds. The molecule has 2 N–H and O–H groups in total. The average molecular weight is 392 g/mol. The molecule has 1 heterocycles. The highest BCUT2D eigenvalue weighted by atomic mass is 127. The van der Waals surface area contributed by atoms with Crippen molar-refractivity contribution in [1.82, 2.24) is 15.5 Å². The number of halogens is 1. The van der Waals surface area contributed by atoms with E-state index in [0.717, 1.165) is 30.7 Å². The van der Waals surface area contributed by atoms with Crippen molar-refractivity contribution in [3.63, 3.8) is 0 Å². The minimum absolute atomic E-state index is 0. The molecule has 0 aromatic carbocycles. The zero-order valence-corrected chi connectivity index (χ0v) is 14.8. The Morgan fingerprint density at radius 3 is 2.70 bits per heavy atom. The molecule has 0 aliphatic heterocycles. The predicted molar refractivity (Wildman–Crippen MR) is 92.6 cm³/mol. The van der Waals surface area contributed by atoms with E-state index in [1.165, 1.54) is 12.8 Å². The molecule has 0 saturated heterocycles. The molecule has 1 aromatic rings. The first kappa shape index (κ1) is 17.3. The van der Waals surface area contributed by atoms with Crippen molar-refractivity contribution in [2.75, 3.05) is 34.2 Å². The Hall–Kier alpha value is -0.760. The standard InChI is InChI=1S/C14H24N4O.HI/c1-15-14(16-9-11-6-7-11)17-10-12(18(2)3)13-5-4-8-19-13;/h4-5,8,11-12H,6-7,9-10H2,1-3H3,(H2,15,16,17);1H. The number of nitrogens with zero attached hydrogens (tertiary/aromatic N) is 2. The van der Waals surface area contributed by atoms with Crippen molar-refractivity contribution in [3.8, 4) is 0 Å². The normalized spacial score (nSPS) is 16.7. The van der Waals surface area contributed by atoms with Gasteiger partial charge < -0.3 is 15.1 Å². The van der Waals surface area contributed by atoms with Crippen molar-refractivity contribution < 1.29 is 4.42 Å². The summed E-state index contributed by atoms with van der Waals surface area (Å²) in [6, 6.07) is 4.13. The molecule has 0 bridgehead atoms. The maximum absolute atomic E-state index is 5.49. The molecule has 6 heteroatoms. The minimum Gasteiger partial charge on any atom is -0.468 e. The highest BCUT2D eigenvalue weighted by molar-refractivity contribution is 14.0. The summed E-state index contributed by atoms with van der Waals surface area (Å²) >= 11 is 0. The molecule has 1 fully saturated rings. The molecule has 1 unspecified atom stereocenters. The maximum atomic E-state index is 5.49. The van der Waals surface area contributed by atoms with Gasteiger partial charge in [0, 0.05) is 20.1 Å². The molecular formula is C14H25IN4O. The van der Waals surface area contributed by atoms with Gasteiger partial charge >= 0.3 is 0 Å². The van der Waals surface area contributed by atoms with Crippen molar-refractivity contribution in [1.29, 1.82) is 0 Å². The van der Waals surface area contributed by atoms with Gasteiger partial charge in [-0.05, 0) is 45.0 Å². The van der Waals surface area contributed by atoms with Gasteiger partial charge in [0.05, 0.1) is 12.3 Å². The molecule has 1 atom stereocenters. The van der Waals surface area contributed by atoms with Gasteiger partial charge in [-0.25, -0.2) is 0 Å². The second kappa shape index (κ2) is 8.51. The number of furan rings is 1. The van der Waals surface area contributed by atoms with E-state index in [2.05, 4.69) is 34.6 Å². The summed E-state index contributed by atoms with van der Waals surface area (Å²) < 4.78 is 5.49. The second-order valence-corrected chi connectivity index (χ2v) is 5.27. The Bertz CT molecular complexity index is 401. The number of guanidine groups is 1. The summed E-state index contributed by atoms with van der Waals surface area (Å²) in [5.74, 6) is 2.67. The van der Waals surface area contributed by atoms with E-state index >= 15 is 0 Å². The highest BCUT2D eigenvalue weighted by Gasteiger charge is 2.21. The fraction of sp³-hybridized carbons (Fsp3) is 0.643. The quantitative estimate of drug-likeness (QED) is 0.442. The van der Waals surface area contributed by atoms with Crippen LogP contribution in [-0.2, 0) is 0 Å². The number of hydrogen-bond acceptors (Lipinski definition) is 3. The Balaban J connectivity index is 0.00000200. The molecule has 1 saturated carbocycles. The van der Waals surface area contributed by atoms with E-state index in [4.69, 9.17) is 4.42 Å². The summed E-state index contributed by atoms with van der Waals surface area (Å²) in [5.41, 5.74) is 0. The fourth-order valence-electron chi connectivity index (χ4n) is 2.00. The van der Waals surface area contributed by atoms with E-state index in [9.17, 15) is 0 Å². The van der Waals surface area contributed by atoms with Gasteiger partial charge in [-0.1, -0.05) is 0 Å². The third kappa shape index (κ3) is 5.32. The SMILES string of the molecule is CN=C(NCC1CC1)NCC(c1ccco1)N(C)C.I. The smallest absolute Gasteiger partial charge is 0.191 e. The second-order valence-electron chi connectivity index (χ2n) is 5.27. The first-order chi connectivity index (χ1) is 9.20. The molecule has 0 radical (unpaired) electrons. The maximum Gasteiger partial charge on any atom is 0.191 e. The Kier molecular flexibility index (Phi) is 7.36. The topological polar surface area (TPSA) is 52.8 Å². The zero-order chi connectivity index (χ0) is 13.7. The lowest BCUT2D eigenvalue weighted by atomic mass is 10.2. The molecule has 1 aliphatic rings. The highest BCUT2D eigenvalue weighted by Crippen LogP contribution is 2.27. The minimum atomic E-state index is 0. The number of hydrogen-bond donors (Lipinski definition) is 2. The van der Waals surface area contributed by atoms with Crippen molar-refractivity contribution in [2.24, 2.45) is 10.9 Å². The molecule has 5 nitrogen and oxygen atoms in total. The van der Waals surface area contributed by atoms with Gasteiger partial charge in [0.1, 0.15) is 5.76 Å². The van der Waals surface area contributed by atoms with E-state index in [-0.39, 0.29) is 30.0 Å². The summed E-state index contributed by atoms with van der Waals surface area (Å²) in [6.07, 6.45) is 4.40. The van der Waals surface area contributed by atoms with Crippen LogP contribution in [0.15, 0.2) is 27.8 Å². The lowest BCUT2D eigenvalue weighted by molar-refractivity contribution is 0.258. The molecule has 0 spiro atoms. The number of aliphatic imine (C=N–C) groups is 1. The number of rotatable bonds is 6. The largest absolute Gasteiger partial charge is 0.468 e. The van der Waals surface area contributed by atoms with Gasteiger partial charge in [0.15, 0.2) is 5.96 Å². The zero-order valence-electron chi connectivity index (χ0n) is 12.4. The van der Waals surface area contributed by atoms with Gasteiger partial charge in [-0.2, -0.15) is 0 Å². The lowest BCUT2D eigenvalue weighted by Gasteiger charge is -2.23. The summed E-state index contributed by atoms with van der Waals surface area (Å²) in [6.45, 7) is 1.79. The van der Waals surface area contributed by atoms with Gasteiger partial charge in [-0.3, -0.25) is 9.89 Å². The van der Waals surface area contributed by atoms with Crippen LogP contribution in [0.3, 0.4) is 0 Å². The third-order valence-corrected chi connectivity index (χ3v) is 3.44.